The van der Waals surface area contributed by atoms with E-state index in [-0.39, 0.29) is 5.82 Å². The zero-order valence-electron chi connectivity index (χ0n) is 9.72. The Hall–Kier alpha value is -0.640. The van der Waals surface area contributed by atoms with E-state index in [1.165, 1.54) is 25.0 Å². The molecule has 1 saturated heterocycles. The third-order valence-corrected chi connectivity index (χ3v) is 3.37. The molecule has 1 atom stereocenters. The summed E-state index contributed by atoms with van der Waals surface area (Å²) in [6, 6.07) is 4.77. The zero-order valence-corrected chi connectivity index (χ0v) is 10.5. The Morgan fingerprint density at radius 1 is 1.41 bits per heavy atom. The number of nitrogens with one attached hydrogen (secondary N) is 1. The van der Waals surface area contributed by atoms with Gasteiger partial charge in [0.25, 0.3) is 0 Å². The third kappa shape index (κ3) is 3.95. The average Bonchev–Trinajstić information content (AvgIpc) is 2.35. The van der Waals surface area contributed by atoms with Crippen molar-refractivity contribution in [3.05, 3.63) is 34.6 Å². The summed E-state index contributed by atoms with van der Waals surface area (Å²) in [5.41, 5.74) is 0.711. The minimum atomic E-state index is -0.274. The number of ether oxygens (including phenoxy) is 1. The van der Waals surface area contributed by atoms with Crippen LogP contribution in [-0.2, 0) is 11.3 Å². The monoisotopic (exact) mass is 257 g/mol. The molecule has 2 rings (SSSR count). The Morgan fingerprint density at radius 2 is 2.29 bits per heavy atom. The van der Waals surface area contributed by atoms with Gasteiger partial charge in [-0.2, -0.15) is 0 Å². The molecule has 1 aliphatic heterocycles. The number of benzene rings is 1. The normalized spacial score (nSPS) is 20.5. The topological polar surface area (TPSA) is 21.3 Å². The van der Waals surface area contributed by atoms with Crippen molar-refractivity contribution in [1.82, 2.24) is 5.32 Å². The Kier molecular flexibility index (Phi) is 4.77. The first kappa shape index (κ1) is 12.8. The molecule has 0 aliphatic carbocycles. The number of hydrogen-bond donors (Lipinski definition) is 1. The van der Waals surface area contributed by atoms with Gasteiger partial charge in [-0.25, -0.2) is 4.39 Å². The van der Waals surface area contributed by atoms with Crippen molar-refractivity contribution in [2.24, 2.45) is 0 Å². The summed E-state index contributed by atoms with van der Waals surface area (Å²) in [7, 11) is 0. The van der Waals surface area contributed by atoms with E-state index in [0.717, 1.165) is 13.0 Å². The second-order valence-corrected chi connectivity index (χ2v) is 4.80. The van der Waals surface area contributed by atoms with E-state index >= 15 is 0 Å². The summed E-state index contributed by atoms with van der Waals surface area (Å²) in [6.45, 7) is 2.09. The van der Waals surface area contributed by atoms with Gasteiger partial charge in [0, 0.05) is 11.1 Å². The Morgan fingerprint density at radius 3 is 3.06 bits per heavy atom. The molecule has 94 valence electrons. The molecule has 0 spiro atoms. The van der Waals surface area contributed by atoms with Crippen molar-refractivity contribution in [3.63, 3.8) is 0 Å². The summed E-state index contributed by atoms with van der Waals surface area (Å²) in [5.74, 6) is -0.274. The standard InChI is InChI=1S/C13H17ClFNO/c14-13-5-4-11(15)7-10(13)8-17-9-12-3-1-2-6-16-12/h4-5,7,12,16H,1-3,6,8-9H2. The maximum absolute atomic E-state index is 13.0. The van der Waals surface area contributed by atoms with Gasteiger partial charge in [-0.15, -0.1) is 0 Å². The molecule has 0 saturated carbocycles. The molecule has 1 unspecified atom stereocenters. The van der Waals surface area contributed by atoms with Crippen LogP contribution in [0.5, 0.6) is 0 Å². The van der Waals surface area contributed by atoms with E-state index in [4.69, 9.17) is 16.3 Å². The molecule has 1 N–H and O–H groups in total. The molecular formula is C13H17ClFNO. The molecule has 4 heteroatoms. The lowest BCUT2D eigenvalue weighted by molar-refractivity contribution is 0.0910. The smallest absolute Gasteiger partial charge is 0.123 e. The Balaban J connectivity index is 1.79. The van der Waals surface area contributed by atoms with Crippen molar-refractivity contribution in [3.8, 4) is 0 Å². The van der Waals surface area contributed by atoms with Crippen LogP contribution in [0.25, 0.3) is 0 Å². The van der Waals surface area contributed by atoms with Crippen molar-refractivity contribution in [2.45, 2.75) is 31.9 Å². The van der Waals surface area contributed by atoms with Gasteiger partial charge >= 0.3 is 0 Å². The van der Waals surface area contributed by atoms with Crippen molar-refractivity contribution in [2.75, 3.05) is 13.2 Å². The second kappa shape index (κ2) is 6.34. The van der Waals surface area contributed by atoms with Gasteiger partial charge < -0.3 is 10.1 Å². The SMILES string of the molecule is Fc1ccc(Cl)c(COCC2CCCCN2)c1. The molecule has 1 aromatic rings. The lowest BCUT2D eigenvalue weighted by atomic mass is 10.1. The van der Waals surface area contributed by atoms with Gasteiger partial charge in [0.15, 0.2) is 0 Å². The van der Waals surface area contributed by atoms with Crippen LogP contribution < -0.4 is 5.32 Å². The summed E-state index contributed by atoms with van der Waals surface area (Å²) in [6.07, 6.45) is 3.64. The highest BCUT2D eigenvalue weighted by molar-refractivity contribution is 6.31. The molecule has 1 fully saturated rings. The first-order valence-electron chi connectivity index (χ1n) is 6.01. The Bertz CT molecular complexity index is 366. The quantitative estimate of drug-likeness (QED) is 0.895. The number of hydrogen-bond acceptors (Lipinski definition) is 2. The minimum absolute atomic E-state index is 0.274. The highest BCUT2D eigenvalue weighted by atomic mass is 35.5. The molecule has 0 radical (unpaired) electrons. The van der Waals surface area contributed by atoms with Crippen LogP contribution >= 0.6 is 11.6 Å². The first-order valence-corrected chi connectivity index (χ1v) is 6.38. The lowest BCUT2D eigenvalue weighted by Crippen LogP contribution is -2.37. The van der Waals surface area contributed by atoms with E-state index < -0.39 is 0 Å². The molecule has 1 aromatic carbocycles. The molecule has 0 bridgehead atoms. The van der Waals surface area contributed by atoms with Crippen molar-refractivity contribution >= 4 is 11.6 Å². The van der Waals surface area contributed by atoms with Crippen molar-refractivity contribution in [1.29, 1.82) is 0 Å². The average molecular weight is 258 g/mol. The third-order valence-electron chi connectivity index (χ3n) is 3.00. The summed E-state index contributed by atoms with van der Waals surface area (Å²) < 4.78 is 18.6. The lowest BCUT2D eigenvalue weighted by Gasteiger charge is -2.23. The van der Waals surface area contributed by atoms with Gasteiger partial charge in [0.2, 0.25) is 0 Å². The maximum Gasteiger partial charge on any atom is 0.123 e. The minimum Gasteiger partial charge on any atom is -0.375 e. The molecule has 1 aliphatic rings. The van der Waals surface area contributed by atoms with Crippen LogP contribution in [0.1, 0.15) is 24.8 Å². The van der Waals surface area contributed by atoms with E-state index in [1.54, 1.807) is 6.07 Å². The van der Waals surface area contributed by atoms with E-state index in [9.17, 15) is 4.39 Å². The first-order chi connectivity index (χ1) is 8.25. The Labute approximate surface area is 106 Å². The number of piperidine rings is 1. The predicted octanol–water partition coefficient (Wildman–Crippen LogP) is 3.14. The molecular weight excluding hydrogens is 241 g/mol. The van der Waals surface area contributed by atoms with Crippen molar-refractivity contribution < 1.29 is 9.13 Å². The number of halogens is 2. The van der Waals surface area contributed by atoms with Gasteiger partial charge in [-0.3, -0.25) is 0 Å². The van der Waals surface area contributed by atoms with Crippen LogP contribution in [0.2, 0.25) is 5.02 Å². The van der Waals surface area contributed by atoms with E-state index in [2.05, 4.69) is 5.32 Å². The summed E-state index contributed by atoms with van der Waals surface area (Å²) in [5, 5.41) is 3.96. The molecule has 2 nitrogen and oxygen atoms in total. The summed E-state index contributed by atoms with van der Waals surface area (Å²) >= 11 is 5.96. The highest BCUT2D eigenvalue weighted by Gasteiger charge is 2.12. The maximum atomic E-state index is 13.0. The molecule has 0 aromatic heterocycles. The fraction of sp³-hybridized carbons (Fsp3) is 0.538. The van der Waals surface area contributed by atoms with Gasteiger partial charge in [0.05, 0.1) is 13.2 Å². The van der Waals surface area contributed by atoms with E-state index in [1.807, 2.05) is 0 Å². The molecule has 17 heavy (non-hydrogen) atoms. The fourth-order valence-corrected chi connectivity index (χ4v) is 2.20. The van der Waals surface area contributed by atoms with Gasteiger partial charge in [-0.1, -0.05) is 18.0 Å². The summed E-state index contributed by atoms with van der Waals surface area (Å²) in [4.78, 5) is 0. The van der Waals surface area contributed by atoms with Crippen LogP contribution in [0.3, 0.4) is 0 Å². The van der Waals surface area contributed by atoms with Gasteiger partial charge in [0.1, 0.15) is 5.82 Å². The van der Waals surface area contributed by atoms with Crippen LogP contribution in [0.4, 0.5) is 4.39 Å². The molecule has 0 amide bonds. The fourth-order valence-electron chi connectivity index (χ4n) is 2.03. The van der Waals surface area contributed by atoms with E-state index in [0.29, 0.717) is 29.8 Å². The second-order valence-electron chi connectivity index (χ2n) is 4.40. The zero-order chi connectivity index (χ0) is 12.1. The number of rotatable bonds is 4. The largest absolute Gasteiger partial charge is 0.375 e. The highest BCUT2D eigenvalue weighted by Crippen LogP contribution is 2.18. The van der Waals surface area contributed by atoms with Crippen LogP contribution in [0.15, 0.2) is 18.2 Å². The van der Waals surface area contributed by atoms with Crippen LogP contribution in [-0.4, -0.2) is 19.2 Å². The molecule has 1 heterocycles. The van der Waals surface area contributed by atoms with Crippen LogP contribution in [0, 0.1) is 5.82 Å². The van der Waals surface area contributed by atoms with Gasteiger partial charge in [-0.05, 0) is 43.1 Å². The predicted molar refractivity (Wildman–Crippen MR) is 66.7 cm³/mol.